The molecule has 0 fully saturated rings. The van der Waals surface area contributed by atoms with Gasteiger partial charge < -0.3 is 10.1 Å². The smallest absolute Gasteiger partial charge is 0.257 e. The number of anilines is 1. The molecule has 0 aliphatic heterocycles. The van der Waals surface area contributed by atoms with E-state index in [1.165, 1.54) is 0 Å². The fourth-order valence-corrected chi connectivity index (χ4v) is 2.57. The van der Waals surface area contributed by atoms with Gasteiger partial charge in [0.15, 0.2) is 0 Å². The number of hydrogen-bond donors (Lipinski definition) is 2. The first-order valence-electron chi connectivity index (χ1n) is 8.87. The number of pyridine rings is 1. The Hall–Kier alpha value is -3.67. The van der Waals surface area contributed by atoms with E-state index in [0.29, 0.717) is 23.8 Å². The number of methoxy groups -OCH3 is 1. The second-order valence-electron chi connectivity index (χ2n) is 6.17. The van der Waals surface area contributed by atoms with Gasteiger partial charge in [-0.3, -0.25) is 15.1 Å². The number of guanidine groups is 1. The minimum absolute atomic E-state index is 0.237. The zero-order chi connectivity index (χ0) is 19.8. The second-order valence-corrected chi connectivity index (χ2v) is 6.17. The molecule has 0 saturated heterocycles. The fourth-order valence-electron chi connectivity index (χ4n) is 2.57. The average Bonchev–Trinajstić information content (AvgIpc) is 2.73. The SMILES string of the molecule is COc1cccc(NC(=NCc2ccccn2)NC(=O)c2cccc(C)c2)c1. The van der Waals surface area contributed by atoms with E-state index >= 15 is 0 Å². The van der Waals surface area contributed by atoms with Gasteiger partial charge in [-0.1, -0.05) is 29.8 Å². The summed E-state index contributed by atoms with van der Waals surface area (Å²) in [6, 6.07) is 20.4. The number of aliphatic imine (C=N–C) groups is 1. The number of hydrogen-bond acceptors (Lipinski definition) is 4. The number of carbonyl (C=O) groups excluding carboxylic acids is 1. The van der Waals surface area contributed by atoms with E-state index in [1.54, 1.807) is 19.4 Å². The van der Waals surface area contributed by atoms with Crippen molar-refractivity contribution in [3.8, 4) is 5.75 Å². The molecule has 2 aromatic carbocycles. The Bertz CT molecular complexity index is 971. The van der Waals surface area contributed by atoms with Crippen molar-refractivity contribution in [3.05, 3.63) is 89.7 Å². The molecule has 28 heavy (non-hydrogen) atoms. The van der Waals surface area contributed by atoms with Gasteiger partial charge in [0.25, 0.3) is 5.91 Å². The van der Waals surface area contributed by atoms with Crippen molar-refractivity contribution in [3.63, 3.8) is 0 Å². The molecule has 1 aromatic heterocycles. The molecule has 2 N–H and O–H groups in total. The third-order valence-corrected chi connectivity index (χ3v) is 3.97. The summed E-state index contributed by atoms with van der Waals surface area (Å²) in [5.41, 5.74) is 3.14. The van der Waals surface area contributed by atoms with Crippen molar-refractivity contribution in [2.45, 2.75) is 13.5 Å². The topological polar surface area (TPSA) is 75.6 Å². The minimum Gasteiger partial charge on any atom is -0.497 e. The first kappa shape index (κ1) is 19.1. The molecular formula is C22H22N4O2. The number of aromatic nitrogens is 1. The van der Waals surface area contributed by atoms with E-state index in [2.05, 4.69) is 20.6 Å². The van der Waals surface area contributed by atoms with Gasteiger partial charge in [-0.15, -0.1) is 0 Å². The van der Waals surface area contributed by atoms with Crippen LogP contribution in [-0.2, 0) is 6.54 Å². The fraction of sp³-hybridized carbons (Fsp3) is 0.136. The van der Waals surface area contributed by atoms with Crippen molar-refractivity contribution >= 4 is 17.6 Å². The van der Waals surface area contributed by atoms with Gasteiger partial charge in [0.05, 0.1) is 19.3 Å². The van der Waals surface area contributed by atoms with Gasteiger partial charge >= 0.3 is 0 Å². The number of benzene rings is 2. The highest BCUT2D eigenvalue weighted by Crippen LogP contribution is 2.16. The molecule has 3 rings (SSSR count). The molecule has 3 aromatic rings. The molecule has 0 spiro atoms. The zero-order valence-corrected chi connectivity index (χ0v) is 15.8. The summed E-state index contributed by atoms with van der Waals surface area (Å²) in [5, 5.41) is 6.00. The lowest BCUT2D eigenvalue weighted by Gasteiger charge is -2.13. The van der Waals surface area contributed by atoms with Crippen LogP contribution in [0.5, 0.6) is 5.75 Å². The van der Waals surface area contributed by atoms with Crippen molar-refractivity contribution in [1.82, 2.24) is 10.3 Å². The number of aryl methyl sites for hydroxylation is 1. The molecule has 0 radical (unpaired) electrons. The molecule has 142 valence electrons. The number of rotatable bonds is 5. The molecular weight excluding hydrogens is 352 g/mol. The lowest BCUT2D eigenvalue weighted by Crippen LogP contribution is -2.36. The van der Waals surface area contributed by atoms with E-state index in [4.69, 9.17) is 4.74 Å². The van der Waals surface area contributed by atoms with Gasteiger partial charge in [-0.25, -0.2) is 4.99 Å². The van der Waals surface area contributed by atoms with Crippen molar-refractivity contribution in [2.24, 2.45) is 4.99 Å². The summed E-state index contributed by atoms with van der Waals surface area (Å²) in [6.45, 7) is 2.28. The molecule has 0 aliphatic rings. The Labute approximate surface area is 164 Å². The minimum atomic E-state index is -0.237. The summed E-state index contributed by atoms with van der Waals surface area (Å²) in [6.07, 6.45) is 1.71. The molecule has 0 saturated carbocycles. The summed E-state index contributed by atoms with van der Waals surface area (Å²) in [5.74, 6) is 0.809. The Morgan fingerprint density at radius 3 is 2.68 bits per heavy atom. The summed E-state index contributed by atoms with van der Waals surface area (Å²) in [7, 11) is 1.61. The van der Waals surface area contributed by atoms with Crippen LogP contribution >= 0.6 is 0 Å². The quantitative estimate of drug-likeness (QED) is 0.526. The first-order chi connectivity index (χ1) is 13.6. The molecule has 1 amide bonds. The predicted molar refractivity (Wildman–Crippen MR) is 111 cm³/mol. The number of nitrogens with zero attached hydrogens (tertiary/aromatic N) is 2. The monoisotopic (exact) mass is 374 g/mol. The maximum Gasteiger partial charge on any atom is 0.257 e. The van der Waals surface area contributed by atoms with Crippen molar-refractivity contribution < 1.29 is 9.53 Å². The van der Waals surface area contributed by atoms with Gasteiger partial charge in [-0.05, 0) is 43.3 Å². The van der Waals surface area contributed by atoms with Crippen LogP contribution in [0.2, 0.25) is 0 Å². The molecule has 1 heterocycles. The van der Waals surface area contributed by atoms with Gasteiger partial charge in [0, 0.05) is 23.5 Å². The summed E-state index contributed by atoms with van der Waals surface area (Å²) in [4.78, 5) is 21.4. The van der Waals surface area contributed by atoms with E-state index in [0.717, 1.165) is 16.9 Å². The standard InChI is InChI=1S/C22H22N4O2/c1-16-7-5-8-17(13-16)21(27)26-22(24-15-19-9-3-4-12-23-19)25-18-10-6-11-20(14-18)28-2/h3-14H,15H2,1-2H3,(H2,24,25,26,27). The molecule has 6 heteroatoms. The number of ether oxygens (including phenoxy) is 1. The van der Waals surface area contributed by atoms with E-state index in [1.807, 2.05) is 67.6 Å². The molecule has 0 bridgehead atoms. The lowest BCUT2D eigenvalue weighted by molar-refractivity contribution is 0.0977. The molecule has 0 atom stereocenters. The zero-order valence-electron chi connectivity index (χ0n) is 15.8. The Morgan fingerprint density at radius 1 is 1.07 bits per heavy atom. The lowest BCUT2D eigenvalue weighted by atomic mass is 10.1. The Balaban J connectivity index is 1.81. The maximum absolute atomic E-state index is 12.7. The van der Waals surface area contributed by atoms with Crippen molar-refractivity contribution in [1.29, 1.82) is 0 Å². The van der Waals surface area contributed by atoms with Crippen LogP contribution < -0.4 is 15.4 Å². The van der Waals surface area contributed by atoms with Crippen molar-refractivity contribution in [2.75, 3.05) is 12.4 Å². The van der Waals surface area contributed by atoms with Crippen LogP contribution in [-0.4, -0.2) is 24.0 Å². The van der Waals surface area contributed by atoms with Gasteiger partial charge in [0.1, 0.15) is 5.75 Å². The number of carbonyl (C=O) groups is 1. The maximum atomic E-state index is 12.7. The highest BCUT2D eigenvalue weighted by atomic mass is 16.5. The normalized spacial score (nSPS) is 11.0. The predicted octanol–water partition coefficient (Wildman–Crippen LogP) is 3.80. The average molecular weight is 374 g/mol. The molecule has 0 unspecified atom stereocenters. The molecule has 0 aliphatic carbocycles. The van der Waals surface area contributed by atoms with Gasteiger partial charge in [-0.2, -0.15) is 0 Å². The van der Waals surface area contributed by atoms with E-state index in [9.17, 15) is 4.79 Å². The molecule has 6 nitrogen and oxygen atoms in total. The van der Waals surface area contributed by atoms with Gasteiger partial charge in [0.2, 0.25) is 5.96 Å². The second kappa shape index (κ2) is 9.32. The summed E-state index contributed by atoms with van der Waals surface area (Å²) < 4.78 is 5.25. The third kappa shape index (κ3) is 5.41. The Kier molecular flexibility index (Phi) is 6.36. The van der Waals surface area contributed by atoms with Crippen LogP contribution in [0.1, 0.15) is 21.6 Å². The Morgan fingerprint density at radius 2 is 1.93 bits per heavy atom. The number of amides is 1. The largest absolute Gasteiger partial charge is 0.497 e. The van der Waals surface area contributed by atoms with Crippen LogP contribution in [0.3, 0.4) is 0 Å². The highest BCUT2D eigenvalue weighted by Gasteiger charge is 2.10. The number of nitrogens with one attached hydrogen (secondary N) is 2. The van der Waals surface area contributed by atoms with Crippen LogP contribution in [0, 0.1) is 6.92 Å². The van der Waals surface area contributed by atoms with Crippen LogP contribution in [0.25, 0.3) is 0 Å². The van der Waals surface area contributed by atoms with E-state index < -0.39 is 0 Å². The third-order valence-electron chi connectivity index (χ3n) is 3.97. The summed E-state index contributed by atoms with van der Waals surface area (Å²) >= 11 is 0. The first-order valence-corrected chi connectivity index (χ1v) is 8.87. The van der Waals surface area contributed by atoms with Crippen LogP contribution in [0.4, 0.5) is 5.69 Å². The highest BCUT2D eigenvalue weighted by molar-refractivity contribution is 6.10. The van der Waals surface area contributed by atoms with Crippen LogP contribution in [0.15, 0.2) is 77.9 Å². The van der Waals surface area contributed by atoms with E-state index in [-0.39, 0.29) is 5.91 Å².